The molecule has 0 amide bonds. The summed E-state index contributed by atoms with van der Waals surface area (Å²) in [7, 11) is 0. The molecule has 1 nitrogen and oxygen atoms in total. The Hall–Kier alpha value is -0.340. The quantitative estimate of drug-likeness (QED) is 0.762. The molecule has 1 heterocycles. The van der Waals surface area contributed by atoms with Crippen LogP contribution in [0.2, 0.25) is 0 Å². The summed E-state index contributed by atoms with van der Waals surface area (Å²) < 4.78 is 0. The lowest BCUT2D eigenvalue weighted by Gasteiger charge is -2.27. The van der Waals surface area contributed by atoms with Crippen molar-refractivity contribution in [3.63, 3.8) is 0 Å². The van der Waals surface area contributed by atoms with Crippen LogP contribution in [-0.4, -0.2) is 5.54 Å². The van der Waals surface area contributed by atoms with Crippen molar-refractivity contribution in [1.82, 2.24) is 0 Å². The van der Waals surface area contributed by atoms with Crippen molar-refractivity contribution in [2.75, 3.05) is 0 Å². The maximum atomic E-state index is 6.52. The molecule has 84 valence electrons. The van der Waals surface area contributed by atoms with Crippen LogP contribution < -0.4 is 5.73 Å². The van der Waals surface area contributed by atoms with Crippen LogP contribution in [0.3, 0.4) is 0 Å². The second kappa shape index (κ2) is 4.67. The zero-order valence-electron chi connectivity index (χ0n) is 9.54. The molecule has 1 fully saturated rings. The summed E-state index contributed by atoms with van der Waals surface area (Å²) in [4.78, 5) is 1.45. The van der Waals surface area contributed by atoms with Gasteiger partial charge in [-0.05, 0) is 43.0 Å². The Bertz CT molecular complexity index is 293. The molecule has 2 atom stereocenters. The van der Waals surface area contributed by atoms with Gasteiger partial charge in [-0.3, -0.25) is 0 Å². The topological polar surface area (TPSA) is 26.0 Å². The van der Waals surface area contributed by atoms with Crippen LogP contribution in [0.4, 0.5) is 0 Å². The number of hydrogen-bond acceptors (Lipinski definition) is 2. The van der Waals surface area contributed by atoms with Crippen molar-refractivity contribution in [2.24, 2.45) is 11.7 Å². The van der Waals surface area contributed by atoms with Gasteiger partial charge >= 0.3 is 0 Å². The highest BCUT2D eigenvalue weighted by Gasteiger charge is 2.28. The predicted octanol–water partition coefficient (Wildman–Crippen LogP) is 3.59. The summed E-state index contributed by atoms with van der Waals surface area (Å²) >= 11 is 1.84. The minimum absolute atomic E-state index is 0.0790. The third-order valence-corrected chi connectivity index (χ3v) is 4.49. The van der Waals surface area contributed by atoms with Gasteiger partial charge in [-0.1, -0.05) is 25.8 Å². The number of rotatable bonds is 2. The molecule has 0 spiro atoms. The van der Waals surface area contributed by atoms with Gasteiger partial charge in [0.15, 0.2) is 0 Å². The monoisotopic (exact) mass is 223 g/mol. The van der Waals surface area contributed by atoms with E-state index in [0.717, 1.165) is 12.3 Å². The molecule has 0 aromatic carbocycles. The molecule has 1 aromatic rings. The molecule has 1 aliphatic rings. The van der Waals surface area contributed by atoms with Crippen LogP contribution in [0.5, 0.6) is 0 Å². The fourth-order valence-corrected chi connectivity index (χ4v) is 3.40. The van der Waals surface area contributed by atoms with E-state index in [9.17, 15) is 0 Å². The molecule has 2 N–H and O–H groups in total. The second-order valence-electron chi connectivity index (χ2n) is 5.15. The van der Waals surface area contributed by atoms with Crippen molar-refractivity contribution in [3.05, 3.63) is 22.4 Å². The highest BCUT2D eigenvalue weighted by atomic mass is 32.1. The minimum atomic E-state index is 0.0790. The van der Waals surface area contributed by atoms with Crippen LogP contribution >= 0.6 is 11.3 Å². The molecule has 0 saturated heterocycles. The van der Waals surface area contributed by atoms with Crippen molar-refractivity contribution < 1.29 is 0 Å². The maximum Gasteiger partial charge on any atom is 0.0203 e. The van der Waals surface area contributed by atoms with Gasteiger partial charge in [0.05, 0.1) is 0 Å². The van der Waals surface area contributed by atoms with E-state index in [1.54, 1.807) is 0 Å². The summed E-state index contributed by atoms with van der Waals surface area (Å²) in [5.74, 6) is 0.874. The van der Waals surface area contributed by atoms with Crippen LogP contribution in [0.15, 0.2) is 17.5 Å². The molecule has 2 rings (SSSR count). The molecule has 1 aliphatic carbocycles. The van der Waals surface area contributed by atoms with Gasteiger partial charge in [0, 0.05) is 10.4 Å². The van der Waals surface area contributed by atoms with E-state index in [2.05, 4.69) is 24.4 Å². The Kier molecular flexibility index (Phi) is 3.47. The molecule has 1 saturated carbocycles. The molecule has 2 heteroatoms. The van der Waals surface area contributed by atoms with E-state index < -0.39 is 0 Å². The standard InChI is InChI=1S/C13H21NS/c1-11-4-2-7-13(14,8-6-11)10-12-5-3-9-15-12/h3,5,9,11H,2,4,6-8,10,14H2,1H3. The molecular weight excluding hydrogens is 202 g/mol. The first kappa shape index (κ1) is 11.2. The van der Waals surface area contributed by atoms with Gasteiger partial charge < -0.3 is 5.73 Å². The average Bonchev–Trinajstić information content (AvgIpc) is 2.61. The lowest BCUT2D eigenvalue weighted by molar-refractivity contribution is 0.365. The summed E-state index contributed by atoms with van der Waals surface area (Å²) in [6.07, 6.45) is 7.47. The molecule has 2 unspecified atom stereocenters. The number of nitrogens with two attached hydrogens (primary N) is 1. The summed E-state index contributed by atoms with van der Waals surface area (Å²) in [6, 6.07) is 4.34. The lowest BCUT2D eigenvalue weighted by atomic mass is 9.87. The molecular formula is C13H21NS. The zero-order chi connectivity index (χ0) is 10.7. The highest BCUT2D eigenvalue weighted by molar-refractivity contribution is 7.09. The first-order valence-corrected chi connectivity index (χ1v) is 6.87. The van der Waals surface area contributed by atoms with E-state index in [1.165, 1.54) is 37.0 Å². The zero-order valence-corrected chi connectivity index (χ0v) is 10.4. The summed E-state index contributed by atoms with van der Waals surface area (Å²) in [5, 5.41) is 2.15. The highest BCUT2D eigenvalue weighted by Crippen LogP contribution is 2.31. The van der Waals surface area contributed by atoms with Gasteiger partial charge in [-0.15, -0.1) is 11.3 Å². The Balaban J connectivity index is 1.99. The van der Waals surface area contributed by atoms with E-state index >= 15 is 0 Å². The fourth-order valence-electron chi connectivity index (χ4n) is 2.54. The number of hydrogen-bond donors (Lipinski definition) is 1. The molecule has 0 bridgehead atoms. The maximum absolute atomic E-state index is 6.52. The normalized spacial score (nSPS) is 32.5. The average molecular weight is 223 g/mol. The van der Waals surface area contributed by atoms with Gasteiger partial charge in [-0.25, -0.2) is 0 Å². The Morgan fingerprint density at radius 2 is 2.33 bits per heavy atom. The van der Waals surface area contributed by atoms with Gasteiger partial charge in [-0.2, -0.15) is 0 Å². The first-order valence-electron chi connectivity index (χ1n) is 5.99. The van der Waals surface area contributed by atoms with E-state index in [-0.39, 0.29) is 5.54 Å². The fraction of sp³-hybridized carbons (Fsp3) is 0.692. The third-order valence-electron chi connectivity index (χ3n) is 3.61. The van der Waals surface area contributed by atoms with E-state index in [0.29, 0.717) is 0 Å². The first-order chi connectivity index (χ1) is 7.18. The smallest absolute Gasteiger partial charge is 0.0203 e. The van der Waals surface area contributed by atoms with Gasteiger partial charge in [0.25, 0.3) is 0 Å². The van der Waals surface area contributed by atoms with Crippen LogP contribution in [-0.2, 0) is 6.42 Å². The van der Waals surface area contributed by atoms with Crippen molar-refractivity contribution in [3.8, 4) is 0 Å². The molecule has 0 radical (unpaired) electrons. The summed E-state index contributed by atoms with van der Waals surface area (Å²) in [6.45, 7) is 2.36. The SMILES string of the molecule is CC1CCCC(N)(Cc2cccs2)CC1. The Labute approximate surface area is 96.7 Å². The third kappa shape index (κ3) is 3.05. The van der Waals surface area contributed by atoms with E-state index in [1.807, 2.05) is 11.3 Å². The van der Waals surface area contributed by atoms with Crippen LogP contribution in [0.25, 0.3) is 0 Å². The van der Waals surface area contributed by atoms with Gasteiger partial charge in [0.1, 0.15) is 0 Å². The predicted molar refractivity (Wildman–Crippen MR) is 67.2 cm³/mol. The second-order valence-corrected chi connectivity index (χ2v) is 6.19. The van der Waals surface area contributed by atoms with Crippen LogP contribution in [0, 0.1) is 5.92 Å². The van der Waals surface area contributed by atoms with Crippen molar-refractivity contribution in [1.29, 1.82) is 0 Å². The van der Waals surface area contributed by atoms with E-state index in [4.69, 9.17) is 5.73 Å². The minimum Gasteiger partial charge on any atom is -0.325 e. The lowest BCUT2D eigenvalue weighted by Crippen LogP contribution is -2.41. The number of thiophene rings is 1. The molecule has 1 aromatic heterocycles. The molecule has 0 aliphatic heterocycles. The molecule has 15 heavy (non-hydrogen) atoms. The Morgan fingerprint density at radius 3 is 3.07 bits per heavy atom. The summed E-state index contributed by atoms with van der Waals surface area (Å²) in [5.41, 5.74) is 6.60. The van der Waals surface area contributed by atoms with Gasteiger partial charge in [0.2, 0.25) is 0 Å². The Morgan fingerprint density at radius 1 is 1.47 bits per heavy atom. The van der Waals surface area contributed by atoms with Crippen LogP contribution in [0.1, 0.15) is 43.9 Å². The van der Waals surface area contributed by atoms with Crippen molar-refractivity contribution >= 4 is 11.3 Å². The van der Waals surface area contributed by atoms with Crippen molar-refractivity contribution in [2.45, 2.75) is 51.0 Å². The largest absolute Gasteiger partial charge is 0.325 e.